The summed E-state index contributed by atoms with van der Waals surface area (Å²) in [4.78, 5) is 64.9. The number of nitrogens with one attached hydrogen (secondary N) is 3. The average Bonchev–Trinajstić information content (AvgIpc) is 3.51. The van der Waals surface area contributed by atoms with Crippen molar-refractivity contribution in [2.45, 2.75) is 84.4 Å². The Morgan fingerprint density at radius 1 is 1.04 bits per heavy atom. The van der Waals surface area contributed by atoms with Crippen molar-refractivity contribution >= 4 is 41.0 Å². The van der Waals surface area contributed by atoms with E-state index in [1.807, 2.05) is 51.2 Å². The first-order chi connectivity index (χ1) is 21.8. The number of aromatic nitrogens is 1. The van der Waals surface area contributed by atoms with Crippen molar-refractivity contribution in [1.82, 2.24) is 26.1 Å². The minimum absolute atomic E-state index is 0.101. The standard InChI is InChI=1S/C25H34N4O6S.C7H16N2O/c1-15(2)21(29(5)16(3)30)13-22(35-17(4)31)24-26-20(14-36-24)23(32)28-27-19(25(33)34-6)12-18-10-8-7-9-11-18;1-9-6-4-2-3-5-7(8)10/h7-11,14-15,19,21-22,27H,12-13H2,1-6H3,(H,28,32);9H,2-6H2,1H3,(H2,8,10). The highest BCUT2D eigenvalue weighted by molar-refractivity contribution is 7.09. The highest BCUT2D eigenvalue weighted by atomic mass is 32.1. The number of hydrogen-bond acceptors (Lipinski definition) is 11. The van der Waals surface area contributed by atoms with Gasteiger partial charge in [0.15, 0.2) is 6.10 Å². The van der Waals surface area contributed by atoms with Gasteiger partial charge in [0.1, 0.15) is 16.7 Å². The second-order valence-electron chi connectivity index (χ2n) is 11.1. The predicted molar refractivity (Wildman–Crippen MR) is 176 cm³/mol. The van der Waals surface area contributed by atoms with E-state index in [0.29, 0.717) is 24.3 Å². The quantitative estimate of drug-likeness (QED) is 0.105. The molecular weight excluding hydrogens is 612 g/mol. The third kappa shape index (κ3) is 15.4. The Kier molecular flexibility index (Phi) is 19.0. The molecule has 14 heteroatoms. The monoisotopic (exact) mass is 662 g/mol. The fourth-order valence-corrected chi connectivity index (χ4v) is 5.29. The van der Waals surface area contributed by atoms with Crippen molar-refractivity contribution in [3.8, 4) is 0 Å². The van der Waals surface area contributed by atoms with Crippen LogP contribution in [0.4, 0.5) is 0 Å². The van der Waals surface area contributed by atoms with E-state index in [9.17, 15) is 24.0 Å². The van der Waals surface area contributed by atoms with Crippen molar-refractivity contribution in [1.29, 1.82) is 0 Å². The SMILES string of the molecule is CNCCCCCC(N)=O.COC(=O)C(Cc1ccccc1)NNC(=O)c1csc(C(CC(C(C)C)N(C)C(C)=O)OC(C)=O)n1. The Morgan fingerprint density at radius 2 is 1.72 bits per heavy atom. The van der Waals surface area contributed by atoms with Gasteiger partial charge < -0.3 is 25.4 Å². The number of thiazole rings is 1. The van der Waals surface area contributed by atoms with Crippen molar-refractivity contribution in [2.75, 3.05) is 27.7 Å². The lowest BCUT2D eigenvalue weighted by Gasteiger charge is -2.32. The highest BCUT2D eigenvalue weighted by Gasteiger charge is 2.30. The molecule has 5 N–H and O–H groups in total. The van der Waals surface area contributed by atoms with Crippen LogP contribution in [0.2, 0.25) is 0 Å². The fourth-order valence-electron chi connectivity index (χ4n) is 4.45. The van der Waals surface area contributed by atoms with Gasteiger partial charge in [0.2, 0.25) is 11.8 Å². The van der Waals surface area contributed by atoms with Crippen LogP contribution in [0.3, 0.4) is 0 Å². The van der Waals surface area contributed by atoms with Gasteiger partial charge in [0.05, 0.1) is 7.11 Å². The molecule has 1 aromatic heterocycles. The number of esters is 2. The van der Waals surface area contributed by atoms with Crippen molar-refractivity contribution in [2.24, 2.45) is 11.7 Å². The molecule has 0 aliphatic rings. The van der Waals surface area contributed by atoms with Gasteiger partial charge in [-0.1, -0.05) is 50.6 Å². The van der Waals surface area contributed by atoms with Gasteiger partial charge in [-0.2, -0.15) is 0 Å². The number of hydrogen-bond donors (Lipinski definition) is 4. The van der Waals surface area contributed by atoms with Gasteiger partial charge in [0, 0.05) is 51.6 Å². The third-order valence-corrected chi connectivity index (χ3v) is 7.97. The molecule has 1 heterocycles. The fraction of sp³-hybridized carbons (Fsp3) is 0.562. The molecule has 13 nitrogen and oxygen atoms in total. The van der Waals surface area contributed by atoms with Crippen molar-refractivity contribution in [3.05, 3.63) is 52.0 Å². The van der Waals surface area contributed by atoms with Crippen molar-refractivity contribution < 1.29 is 33.4 Å². The predicted octanol–water partition coefficient (Wildman–Crippen LogP) is 2.91. The number of amides is 3. The number of methoxy groups -OCH3 is 1. The summed E-state index contributed by atoms with van der Waals surface area (Å²) >= 11 is 1.18. The maximum atomic E-state index is 12.8. The van der Waals surface area contributed by atoms with Crippen LogP contribution in [-0.4, -0.2) is 79.4 Å². The molecule has 0 fully saturated rings. The molecule has 3 amide bonds. The van der Waals surface area contributed by atoms with Crippen LogP contribution in [0.5, 0.6) is 0 Å². The van der Waals surface area contributed by atoms with E-state index in [2.05, 4.69) is 21.2 Å². The van der Waals surface area contributed by atoms with Crippen LogP contribution < -0.4 is 21.9 Å². The number of ether oxygens (including phenoxy) is 2. The zero-order valence-electron chi connectivity index (χ0n) is 28.0. The van der Waals surface area contributed by atoms with Crippen LogP contribution in [0.1, 0.15) is 87.0 Å². The number of primary amides is 1. The first-order valence-electron chi connectivity index (χ1n) is 15.3. The number of hydrazine groups is 1. The lowest BCUT2D eigenvalue weighted by Crippen LogP contribution is -2.49. The smallest absolute Gasteiger partial charge is 0.325 e. The maximum Gasteiger partial charge on any atom is 0.325 e. The van der Waals surface area contributed by atoms with E-state index in [1.54, 1.807) is 17.3 Å². The maximum absolute atomic E-state index is 12.8. The van der Waals surface area contributed by atoms with Gasteiger partial charge in [-0.05, 0) is 37.9 Å². The average molecular weight is 663 g/mol. The summed E-state index contributed by atoms with van der Waals surface area (Å²) in [5, 5.41) is 5.02. The van der Waals surface area contributed by atoms with E-state index < -0.39 is 30.0 Å². The number of nitrogens with zero attached hydrogens (tertiary/aromatic N) is 2. The Bertz CT molecular complexity index is 1240. The summed E-state index contributed by atoms with van der Waals surface area (Å²) in [5.41, 5.74) is 11.2. The number of carbonyl (C=O) groups excluding carboxylic acids is 5. The van der Waals surface area contributed by atoms with Gasteiger partial charge in [0.25, 0.3) is 5.91 Å². The molecule has 0 aliphatic carbocycles. The molecule has 3 atom stereocenters. The van der Waals surface area contributed by atoms with Gasteiger partial charge >= 0.3 is 11.9 Å². The zero-order valence-corrected chi connectivity index (χ0v) is 28.8. The molecule has 0 spiro atoms. The molecule has 3 unspecified atom stereocenters. The minimum Gasteiger partial charge on any atom is -0.468 e. The largest absolute Gasteiger partial charge is 0.468 e. The van der Waals surface area contributed by atoms with E-state index in [-0.39, 0.29) is 29.5 Å². The summed E-state index contributed by atoms with van der Waals surface area (Å²) in [6.07, 6.45) is 3.60. The van der Waals surface area contributed by atoms with E-state index >= 15 is 0 Å². The van der Waals surface area contributed by atoms with Crippen LogP contribution in [0, 0.1) is 5.92 Å². The molecule has 0 aliphatic heterocycles. The minimum atomic E-state index is -0.804. The molecule has 256 valence electrons. The number of carbonyl (C=O) groups is 5. The molecule has 46 heavy (non-hydrogen) atoms. The van der Waals surface area contributed by atoms with Gasteiger partial charge in [-0.3, -0.25) is 29.4 Å². The summed E-state index contributed by atoms with van der Waals surface area (Å²) in [7, 11) is 4.91. The highest BCUT2D eigenvalue weighted by Crippen LogP contribution is 2.30. The summed E-state index contributed by atoms with van der Waals surface area (Å²) in [5.74, 6) is -1.76. The van der Waals surface area contributed by atoms with Gasteiger partial charge in [-0.25, -0.2) is 10.4 Å². The molecule has 2 aromatic rings. The Morgan fingerprint density at radius 3 is 2.26 bits per heavy atom. The van der Waals surface area contributed by atoms with Gasteiger partial charge in [-0.15, -0.1) is 11.3 Å². The molecule has 0 saturated carbocycles. The van der Waals surface area contributed by atoms with Crippen LogP contribution >= 0.6 is 11.3 Å². The Balaban J connectivity index is 0.000000908. The normalized spacial score (nSPS) is 12.6. The van der Waals surface area contributed by atoms with Crippen molar-refractivity contribution in [3.63, 3.8) is 0 Å². The topological polar surface area (TPSA) is 182 Å². The second-order valence-corrected chi connectivity index (χ2v) is 12.0. The first-order valence-corrected chi connectivity index (χ1v) is 16.1. The number of rotatable bonds is 18. The number of nitrogens with two attached hydrogens (primary N) is 1. The molecular formula is C32H50N6O7S. The Hall–Kier alpha value is -3.88. The molecule has 2 rings (SSSR count). The van der Waals surface area contributed by atoms with Crippen LogP contribution in [0.15, 0.2) is 35.7 Å². The van der Waals surface area contributed by atoms with Crippen LogP contribution in [0.25, 0.3) is 0 Å². The van der Waals surface area contributed by atoms with E-state index in [0.717, 1.165) is 31.4 Å². The Labute approximate surface area is 276 Å². The summed E-state index contributed by atoms with van der Waals surface area (Å²) < 4.78 is 10.4. The molecule has 0 bridgehead atoms. The van der Waals surface area contributed by atoms with E-state index in [1.165, 1.54) is 32.3 Å². The number of benzene rings is 1. The molecule has 0 saturated heterocycles. The summed E-state index contributed by atoms with van der Waals surface area (Å²) in [6, 6.07) is 8.32. The lowest BCUT2D eigenvalue weighted by atomic mass is 9.96. The zero-order chi connectivity index (χ0) is 34.6. The second kappa shape index (κ2) is 21.8. The molecule has 0 radical (unpaired) electrons. The summed E-state index contributed by atoms with van der Waals surface area (Å²) in [6.45, 7) is 7.77. The van der Waals surface area contributed by atoms with E-state index in [4.69, 9.17) is 15.2 Å². The lowest BCUT2D eigenvalue weighted by molar-refractivity contribution is -0.148. The molecule has 1 aromatic carbocycles. The third-order valence-electron chi connectivity index (χ3n) is 7.04. The van der Waals surface area contributed by atoms with Crippen LogP contribution in [-0.2, 0) is 35.1 Å². The first kappa shape index (κ1) is 40.1. The number of unbranched alkanes of at least 4 members (excludes halogenated alkanes) is 2.